The van der Waals surface area contributed by atoms with Crippen LogP contribution in [0.25, 0.3) is 33.1 Å². The van der Waals surface area contributed by atoms with E-state index in [9.17, 15) is 0 Å². The lowest BCUT2D eigenvalue weighted by molar-refractivity contribution is 1.10. The Labute approximate surface area is 127 Å². The number of nitrogens with one attached hydrogen (secondary N) is 1. The summed E-state index contributed by atoms with van der Waals surface area (Å²) in [5.41, 5.74) is 5.60. The molecule has 2 aromatic carbocycles. The minimum atomic E-state index is 0.764. The minimum absolute atomic E-state index is 0.764. The Balaban J connectivity index is 1.74. The zero-order valence-electron chi connectivity index (χ0n) is 11.6. The SMILES string of the molecule is [CH]1[CH][CH][C](c2nc3cc4nc5ccccc5[nH]c4cc3n2)[CH]1. The second-order valence-corrected chi connectivity index (χ2v) is 5.33. The molecule has 2 heterocycles. The van der Waals surface area contributed by atoms with Crippen molar-refractivity contribution in [1.82, 2.24) is 19.9 Å². The fraction of sp³-hybridized carbons (Fsp3) is 0. The molecule has 1 N–H and O–H groups in total. The Morgan fingerprint density at radius 2 is 1.45 bits per heavy atom. The first-order valence-corrected chi connectivity index (χ1v) is 7.15. The van der Waals surface area contributed by atoms with Crippen LogP contribution in [0.5, 0.6) is 0 Å². The molecular weight excluding hydrogens is 272 g/mol. The van der Waals surface area contributed by atoms with Gasteiger partial charge in [0.25, 0.3) is 0 Å². The molecule has 1 aliphatic carbocycles. The quantitative estimate of drug-likeness (QED) is 0.545. The average Bonchev–Trinajstić information content (AvgIpc) is 3.19. The summed E-state index contributed by atoms with van der Waals surface area (Å²) < 4.78 is 0. The lowest BCUT2D eigenvalue weighted by atomic mass is 10.1. The third kappa shape index (κ3) is 1.80. The summed E-state index contributed by atoms with van der Waals surface area (Å²) in [4.78, 5) is 17.4. The minimum Gasteiger partial charge on any atom is -0.352 e. The van der Waals surface area contributed by atoms with E-state index in [-0.39, 0.29) is 0 Å². The van der Waals surface area contributed by atoms with Crippen LogP contribution in [0.3, 0.4) is 0 Å². The van der Waals surface area contributed by atoms with E-state index < -0.39 is 0 Å². The van der Waals surface area contributed by atoms with Crippen LogP contribution in [0.2, 0.25) is 0 Å². The molecule has 0 bridgehead atoms. The monoisotopic (exact) mass is 283 g/mol. The summed E-state index contributed by atoms with van der Waals surface area (Å²) in [6.07, 6.45) is 8.03. The van der Waals surface area contributed by atoms with Crippen LogP contribution in [0.4, 0.5) is 0 Å². The molecule has 1 saturated carbocycles. The highest BCUT2D eigenvalue weighted by atomic mass is 14.9. The van der Waals surface area contributed by atoms with Crippen LogP contribution in [0.15, 0.2) is 36.4 Å². The Morgan fingerprint density at radius 3 is 2.32 bits per heavy atom. The van der Waals surface area contributed by atoms with Gasteiger partial charge in [-0.05, 0) is 49.9 Å². The lowest BCUT2D eigenvalue weighted by Crippen LogP contribution is -1.96. The molecule has 103 valence electrons. The fourth-order valence-corrected chi connectivity index (χ4v) is 2.79. The van der Waals surface area contributed by atoms with Crippen molar-refractivity contribution in [3.63, 3.8) is 0 Å². The highest BCUT2D eigenvalue weighted by molar-refractivity contribution is 5.94. The summed E-state index contributed by atoms with van der Waals surface area (Å²) in [5, 5.41) is 0. The van der Waals surface area contributed by atoms with Crippen LogP contribution in [0, 0.1) is 31.6 Å². The van der Waals surface area contributed by atoms with Crippen molar-refractivity contribution >= 4 is 33.1 Å². The maximum absolute atomic E-state index is 4.70. The van der Waals surface area contributed by atoms with Crippen molar-refractivity contribution in [3.05, 3.63) is 73.8 Å². The van der Waals surface area contributed by atoms with E-state index in [0.717, 1.165) is 44.8 Å². The molecule has 4 aromatic rings. The number of fused-ring (bicyclic) bond motifs is 3. The van der Waals surface area contributed by atoms with Crippen molar-refractivity contribution in [3.8, 4) is 0 Å². The van der Waals surface area contributed by atoms with E-state index in [1.54, 1.807) is 0 Å². The molecule has 0 saturated heterocycles. The third-order valence-corrected chi connectivity index (χ3v) is 3.88. The highest BCUT2D eigenvalue weighted by Crippen LogP contribution is 2.30. The van der Waals surface area contributed by atoms with Gasteiger partial charge in [-0.3, -0.25) is 0 Å². The molecular formula is C18H11N4. The van der Waals surface area contributed by atoms with Gasteiger partial charge in [-0.25, -0.2) is 15.0 Å². The number of H-pyrrole nitrogens is 1. The zero-order chi connectivity index (χ0) is 14.5. The van der Waals surface area contributed by atoms with Crippen LogP contribution >= 0.6 is 0 Å². The Hall–Kier alpha value is -2.49. The molecule has 22 heavy (non-hydrogen) atoms. The molecule has 1 aliphatic rings. The number of nitrogens with zero attached hydrogens (tertiary/aromatic N) is 3. The molecule has 5 radical (unpaired) electrons. The van der Waals surface area contributed by atoms with E-state index in [1.165, 1.54) is 0 Å². The molecule has 0 amide bonds. The first kappa shape index (κ1) is 12.1. The summed E-state index contributed by atoms with van der Waals surface area (Å²) in [6.45, 7) is 0. The van der Waals surface area contributed by atoms with Crippen molar-refractivity contribution in [2.24, 2.45) is 0 Å². The third-order valence-electron chi connectivity index (χ3n) is 3.88. The lowest BCUT2D eigenvalue weighted by Gasteiger charge is -2.01. The molecule has 2 aromatic heterocycles. The Bertz CT molecular complexity index is 924. The highest BCUT2D eigenvalue weighted by Gasteiger charge is 2.23. The number of hydrogen-bond acceptors (Lipinski definition) is 3. The smallest absolute Gasteiger partial charge is 0.137 e. The summed E-state index contributed by atoms with van der Waals surface area (Å²) in [6, 6.07) is 12.0. The van der Waals surface area contributed by atoms with Gasteiger partial charge in [0.05, 0.1) is 39.0 Å². The standard InChI is InChI=1S/C18H11N4/c1-2-6-11(5-1)18-21-16-9-14-15(10-17(16)22-18)20-13-8-4-3-7-12(13)19-14/h1-10,19H. The van der Waals surface area contributed by atoms with Crippen LogP contribution in [-0.4, -0.2) is 19.9 Å². The van der Waals surface area contributed by atoms with Crippen molar-refractivity contribution in [1.29, 1.82) is 0 Å². The van der Waals surface area contributed by atoms with Crippen LogP contribution < -0.4 is 0 Å². The molecule has 5 rings (SSSR count). The maximum Gasteiger partial charge on any atom is 0.137 e. The van der Waals surface area contributed by atoms with Crippen molar-refractivity contribution in [2.75, 3.05) is 0 Å². The van der Waals surface area contributed by atoms with E-state index in [1.807, 2.05) is 62.1 Å². The second kappa shape index (κ2) is 4.50. The molecule has 1 fully saturated rings. The largest absolute Gasteiger partial charge is 0.352 e. The zero-order valence-corrected chi connectivity index (χ0v) is 11.6. The number of imidazole rings is 1. The fourth-order valence-electron chi connectivity index (χ4n) is 2.79. The van der Waals surface area contributed by atoms with Crippen LogP contribution in [0.1, 0.15) is 5.82 Å². The van der Waals surface area contributed by atoms with Crippen molar-refractivity contribution in [2.45, 2.75) is 0 Å². The molecule has 0 unspecified atom stereocenters. The summed E-state index contributed by atoms with van der Waals surface area (Å²) in [7, 11) is 0. The molecule has 0 spiro atoms. The normalized spacial score (nSPS) is 16.2. The predicted octanol–water partition coefficient (Wildman–Crippen LogP) is 3.41. The number of para-hydroxylation sites is 2. The van der Waals surface area contributed by atoms with E-state index >= 15 is 0 Å². The van der Waals surface area contributed by atoms with Gasteiger partial charge in [0.1, 0.15) is 5.82 Å². The second-order valence-electron chi connectivity index (χ2n) is 5.33. The molecule has 4 nitrogen and oxygen atoms in total. The summed E-state index contributed by atoms with van der Waals surface area (Å²) in [5.74, 6) is 1.81. The van der Waals surface area contributed by atoms with Gasteiger partial charge in [0.2, 0.25) is 0 Å². The van der Waals surface area contributed by atoms with Gasteiger partial charge < -0.3 is 4.98 Å². The van der Waals surface area contributed by atoms with E-state index in [4.69, 9.17) is 4.98 Å². The van der Waals surface area contributed by atoms with E-state index in [2.05, 4.69) is 15.0 Å². The first-order valence-electron chi connectivity index (χ1n) is 7.15. The van der Waals surface area contributed by atoms with Gasteiger partial charge in [-0.2, -0.15) is 0 Å². The van der Waals surface area contributed by atoms with Crippen molar-refractivity contribution < 1.29 is 0 Å². The van der Waals surface area contributed by atoms with E-state index in [0.29, 0.717) is 0 Å². The average molecular weight is 283 g/mol. The Kier molecular flexibility index (Phi) is 2.47. The molecule has 0 atom stereocenters. The number of hydrogen-bond donors (Lipinski definition) is 1. The van der Waals surface area contributed by atoms with Gasteiger partial charge >= 0.3 is 0 Å². The number of rotatable bonds is 1. The first-order chi connectivity index (χ1) is 10.9. The molecule has 4 heteroatoms. The maximum atomic E-state index is 4.70. The predicted molar refractivity (Wildman–Crippen MR) is 86.2 cm³/mol. The van der Waals surface area contributed by atoms with Gasteiger partial charge in [0.15, 0.2) is 0 Å². The topological polar surface area (TPSA) is 54.5 Å². The van der Waals surface area contributed by atoms with Gasteiger partial charge in [-0.15, -0.1) is 0 Å². The Morgan fingerprint density at radius 1 is 0.682 bits per heavy atom. The number of aromatic nitrogens is 4. The molecule has 0 aliphatic heterocycles. The van der Waals surface area contributed by atoms with Crippen LogP contribution in [-0.2, 0) is 0 Å². The summed E-state index contributed by atoms with van der Waals surface area (Å²) >= 11 is 0. The number of aromatic amines is 1. The van der Waals surface area contributed by atoms with Gasteiger partial charge in [-0.1, -0.05) is 12.1 Å². The van der Waals surface area contributed by atoms with Gasteiger partial charge in [0, 0.05) is 0 Å². The number of benzene rings is 2.